The van der Waals surface area contributed by atoms with E-state index in [0.29, 0.717) is 25.2 Å². The lowest BCUT2D eigenvalue weighted by Crippen LogP contribution is -2.34. The van der Waals surface area contributed by atoms with E-state index in [-0.39, 0.29) is 6.03 Å². The highest BCUT2D eigenvalue weighted by molar-refractivity contribution is 5.89. The molecule has 1 aliphatic heterocycles. The number of carboxylic acids is 1. The zero-order valence-electron chi connectivity index (χ0n) is 15.0. The van der Waals surface area contributed by atoms with Gasteiger partial charge in [0.05, 0.1) is 30.0 Å². The molecular formula is C18H23N5O3. The molecule has 1 aromatic carbocycles. The molecule has 0 atom stereocenters. The Bertz CT molecular complexity index is 815. The second kappa shape index (κ2) is 7.57. The van der Waals surface area contributed by atoms with Crippen molar-refractivity contribution in [3.8, 4) is 0 Å². The fourth-order valence-corrected chi connectivity index (χ4v) is 3.03. The maximum Gasteiger partial charge on any atom is 0.336 e. The summed E-state index contributed by atoms with van der Waals surface area (Å²) in [6.45, 7) is 3.21. The molecule has 0 saturated carbocycles. The van der Waals surface area contributed by atoms with Gasteiger partial charge in [0, 0.05) is 33.7 Å². The number of nitrogens with zero attached hydrogens (tertiary/aromatic N) is 4. The number of fused-ring (bicyclic) bond motifs is 1. The molecule has 0 unspecified atom stereocenters. The number of hydrogen-bond acceptors (Lipinski definition) is 4. The fourth-order valence-electron chi connectivity index (χ4n) is 3.03. The molecule has 8 nitrogen and oxygen atoms in total. The highest BCUT2D eigenvalue weighted by Crippen LogP contribution is 2.18. The van der Waals surface area contributed by atoms with Crippen LogP contribution in [-0.2, 0) is 26.2 Å². The molecule has 1 aromatic heterocycles. The molecule has 0 saturated heterocycles. The van der Waals surface area contributed by atoms with Gasteiger partial charge in [-0.1, -0.05) is 18.2 Å². The zero-order valence-corrected chi connectivity index (χ0v) is 15.0. The summed E-state index contributed by atoms with van der Waals surface area (Å²) < 4.78 is 1.96. The largest absolute Gasteiger partial charge is 0.478 e. The molecule has 3 rings (SSSR count). The van der Waals surface area contributed by atoms with Gasteiger partial charge in [-0.25, -0.2) is 9.59 Å². The number of carbonyl (C=O) groups excluding carboxylic acids is 1. The molecule has 2 heterocycles. The summed E-state index contributed by atoms with van der Waals surface area (Å²) in [5, 5.41) is 16.7. The van der Waals surface area contributed by atoms with Crippen LogP contribution in [-0.4, -0.2) is 57.3 Å². The highest BCUT2D eigenvalue weighted by atomic mass is 16.4. The van der Waals surface area contributed by atoms with Crippen molar-refractivity contribution in [1.82, 2.24) is 24.9 Å². The predicted octanol–water partition coefficient (Wildman–Crippen LogP) is 1.37. The second-order valence-electron chi connectivity index (χ2n) is 6.58. The summed E-state index contributed by atoms with van der Waals surface area (Å²) >= 11 is 0. The quantitative estimate of drug-likeness (QED) is 0.843. The Hall–Kier alpha value is -2.87. The van der Waals surface area contributed by atoms with Crippen LogP contribution in [0.3, 0.4) is 0 Å². The van der Waals surface area contributed by atoms with E-state index < -0.39 is 5.97 Å². The number of benzene rings is 1. The van der Waals surface area contributed by atoms with Gasteiger partial charge in [-0.2, -0.15) is 5.10 Å². The maximum absolute atomic E-state index is 11.6. The van der Waals surface area contributed by atoms with Gasteiger partial charge in [0.25, 0.3) is 0 Å². The van der Waals surface area contributed by atoms with Crippen molar-refractivity contribution >= 4 is 12.0 Å². The summed E-state index contributed by atoms with van der Waals surface area (Å²) in [5.41, 5.74) is 3.05. The van der Waals surface area contributed by atoms with Gasteiger partial charge in [0.15, 0.2) is 0 Å². The number of hydrogen-bond donors (Lipinski definition) is 2. The van der Waals surface area contributed by atoms with Crippen LogP contribution in [0.4, 0.5) is 4.79 Å². The van der Waals surface area contributed by atoms with Gasteiger partial charge in [0.1, 0.15) is 0 Å². The smallest absolute Gasteiger partial charge is 0.336 e. The number of rotatable bonds is 5. The number of amides is 2. The van der Waals surface area contributed by atoms with Crippen LogP contribution in [0.25, 0.3) is 0 Å². The van der Waals surface area contributed by atoms with Crippen molar-refractivity contribution in [3.05, 3.63) is 52.8 Å². The number of aromatic nitrogens is 2. The Balaban J connectivity index is 1.65. The second-order valence-corrected chi connectivity index (χ2v) is 6.58. The lowest BCUT2D eigenvalue weighted by molar-refractivity contribution is 0.0694. The first-order valence-corrected chi connectivity index (χ1v) is 8.48. The molecule has 8 heteroatoms. The van der Waals surface area contributed by atoms with Crippen molar-refractivity contribution in [1.29, 1.82) is 0 Å². The van der Waals surface area contributed by atoms with E-state index in [4.69, 9.17) is 0 Å². The van der Waals surface area contributed by atoms with Gasteiger partial charge in [0.2, 0.25) is 0 Å². The molecule has 2 amide bonds. The zero-order chi connectivity index (χ0) is 18.7. The summed E-state index contributed by atoms with van der Waals surface area (Å²) in [4.78, 5) is 26.7. The maximum atomic E-state index is 11.6. The lowest BCUT2D eigenvalue weighted by atomic mass is 10.1. The first kappa shape index (κ1) is 17.9. The number of aromatic carboxylic acids is 1. The van der Waals surface area contributed by atoms with Gasteiger partial charge in [-0.3, -0.25) is 9.58 Å². The van der Waals surface area contributed by atoms with Crippen molar-refractivity contribution in [2.45, 2.75) is 26.2 Å². The van der Waals surface area contributed by atoms with Crippen molar-refractivity contribution in [3.63, 3.8) is 0 Å². The van der Waals surface area contributed by atoms with E-state index in [9.17, 15) is 14.7 Å². The third-order valence-electron chi connectivity index (χ3n) is 4.40. The highest BCUT2D eigenvalue weighted by Gasteiger charge is 2.20. The SMILES string of the molecule is CN(C)C(=O)NCc1cc2n(n1)CCN(Cc1ccccc1C(=O)O)C2. The lowest BCUT2D eigenvalue weighted by Gasteiger charge is -2.27. The van der Waals surface area contributed by atoms with E-state index in [2.05, 4.69) is 15.3 Å². The molecule has 0 radical (unpaired) electrons. The third kappa shape index (κ3) is 4.02. The Morgan fingerprint density at radius 3 is 2.77 bits per heavy atom. The average Bonchev–Trinajstić information content (AvgIpc) is 3.02. The molecule has 138 valence electrons. The van der Waals surface area contributed by atoms with E-state index in [1.165, 1.54) is 4.90 Å². The Morgan fingerprint density at radius 1 is 1.27 bits per heavy atom. The number of urea groups is 1. The molecule has 2 N–H and O–H groups in total. The molecule has 26 heavy (non-hydrogen) atoms. The number of nitrogens with one attached hydrogen (secondary N) is 1. The summed E-state index contributed by atoms with van der Waals surface area (Å²) in [6.07, 6.45) is 0. The first-order chi connectivity index (χ1) is 12.4. The molecule has 1 aliphatic rings. The molecule has 0 fully saturated rings. The topological polar surface area (TPSA) is 90.7 Å². The van der Waals surface area contributed by atoms with Gasteiger partial charge in [-0.05, 0) is 17.7 Å². The Labute approximate surface area is 152 Å². The first-order valence-electron chi connectivity index (χ1n) is 8.48. The molecule has 0 spiro atoms. The van der Waals surface area contributed by atoms with Crippen LogP contribution in [0.15, 0.2) is 30.3 Å². The average molecular weight is 357 g/mol. The van der Waals surface area contributed by atoms with Crippen molar-refractivity contribution < 1.29 is 14.7 Å². The van der Waals surface area contributed by atoms with Crippen LogP contribution in [0.5, 0.6) is 0 Å². The number of carbonyl (C=O) groups is 2. The van der Waals surface area contributed by atoms with Gasteiger partial charge < -0.3 is 15.3 Å². The summed E-state index contributed by atoms with van der Waals surface area (Å²) in [5.74, 6) is -0.901. The van der Waals surface area contributed by atoms with Crippen molar-refractivity contribution in [2.24, 2.45) is 0 Å². The van der Waals surface area contributed by atoms with Crippen LogP contribution in [0.2, 0.25) is 0 Å². The van der Waals surface area contributed by atoms with Crippen LogP contribution in [0.1, 0.15) is 27.3 Å². The Kier molecular flexibility index (Phi) is 5.22. The van der Waals surface area contributed by atoms with E-state index >= 15 is 0 Å². The predicted molar refractivity (Wildman–Crippen MR) is 95.7 cm³/mol. The van der Waals surface area contributed by atoms with Crippen LogP contribution in [0, 0.1) is 0 Å². The Morgan fingerprint density at radius 2 is 2.04 bits per heavy atom. The van der Waals surface area contributed by atoms with E-state index in [1.807, 2.05) is 22.9 Å². The third-order valence-corrected chi connectivity index (χ3v) is 4.40. The van der Waals surface area contributed by atoms with Crippen molar-refractivity contribution in [2.75, 3.05) is 20.6 Å². The van der Waals surface area contributed by atoms with Gasteiger partial charge in [-0.15, -0.1) is 0 Å². The van der Waals surface area contributed by atoms with E-state index in [1.54, 1.807) is 26.2 Å². The molecule has 2 aromatic rings. The van der Waals surface area contributed by atoms with Gasteiger partial charge >= 0.3 is 12.0 Å². The standard InChI is InChI=1S/C18H23N5O3/c1-21(2)18(26)19-10-14-9-15-12-22(7-8-23(15)20-14)11-13-5-3-4-6-16(13)17(24)25/h3-6,9H,7-8,10-12H2,1-2H3,(H,19,26)(H,24,25). The number of carboxylic acid groups (broad SMARTS) is 1. The minimum Gasteiger partial charge on any atom is -0.478 e. The monoisotopic (exact) mass is 357 g/mol. The minimum atomic E-state index is -0.901. The van der Waals surface area contributed by atoms with Crippen LogP contribution >= 0.6 is 0 Å². The molecular weight excluding hydrogens is 334 g/mol. The van der Waals surface area contributed by atoms with Crippen LogP contribution < -0.4 is 5.32 Å². The summed E-state index contributed by atoms with van der Waals surface area (Å²) in [6, 6.07) is 8.94. The summed E-state index contributed by atoms with van der Waals surface area (Å²) in [7, 11) is 3.39. The normalized spacial score (nSPS) is 13.9. The minimum absolute atomic E-state index is 0.150. The van der Waals surface area contributed by atoms with E-state index in [0.717, 1.165) is 30.0 Å². The molecule has 0 aliphatic carbocycles. The fraction of sp³-hybridized carbons (Fsp3) is 0.389. The molecule has 0 bridgehead atoms.